The predicted octanol–water partition coefficient (Wildman–Crippen LogP) is 3.95. The van der Waals surface area contributed by atoms with Crippen molar-refractivity contribution in [2.24, 2.45) is 0 Å². The van der Waals surface area contributed by atoms with Gasteiger partial charge in [0.2, 0.25) is 0 Å². The number of anilines is 1. The van der Waals surface area contributed by atoms with Crippen LogP contribution in [0.4, 0.5) is 5.69 Å². The van der Waals surface area contributed by atoms with Gasteiger partial charge in [-0.1, -0.05) is 12.1 Å². The first-order chi connectivity index (χ1) is 9.81. The molecule has 4 rings (SSSR count). The molecule has 0 saturated carbocycles. The second-order valence-electron chi connectivity index (χ2n) is 4.70. The fraction of sp³-hybridized carbons (Fsp3) is 0.0625. The minimum Gasteiger partial charge on any atom is -0.487 e. The standard InChI is InChI=1S/C16H12N2OS/c17-11-7-5-10(6-8-11)16-18-15-12-3-1-2-4-13(12)19-9-14(15)20-16/h1-8H,9,17H2. The summed E-state index contributed by atoms with van der Waals surface area (Å²) in [5.74, 6) is 0.911. The molecule has 3 aromatic rings. The highest BCUT2D eigenvalue weighted by atomic mass is 32.1. The van der Waals surface area contributed by atoms with E-state index in [2.05, 4.69) is 6.07 Å². The Bertz CT molecular complexity index is 777. The molecule has 1 aliphatic heterocycles. The molecule has 0 unspecified atom stereocenters. The number of para-hydroxylation sites is 1. The number of rotatable bonds is 1. The molecule has 0 amide bonds. The van der Waals surface area contributed by atoms with Crippen LogP contribution >= 0.6 is 11.3 Å². The van der Waals surface area contributed by atoms with Crippen LogP contribution in [0.2, 0.25) is 0 Å². The van der Waals surface area contributed by atoms with Crippen molar-refractivity contribution >= 4 is 17.0 Å². The maximum atomic E-state index is 5.77. The van der Waals surface area contributed by atoms with Crippen molar-refractivity contribution < 1.29 is 4.74 Å². The number of hydrogen-bond donors (Lipinski definition) is 1. The number of thiazole rings is 1. The number of hydrogen-bond acceptors (Lipinski definition) is 4. The maximum Gasteiger partial charge on any atom is 0.129 e. The SMILES string of the molecule is Nc1ccc(-c2nc3c(s2)COc2ccccc2-3)cc1. The van der Waals surface area contributed by atoms with E-state index in [-0.39, 0.29) is 0 Å². The van der Waals surface area contributed by atoms with Crippen LogP contribution in [-0.4, -0.2) is 4.98 Å². The summed E-state index contributed by atoms with van der Waals surface area (Å²) in [7, 11) is 0. The van der Waals surface area contributed by atoms with E-state index in [1.54, 1.807) is 11.3 Å². The van der Waals surface area contributed by atoms with Gasteiger partial charge in [-0.15, -0.1) is 11.3 Å². The Morgan fingerprint density at radius 2 is 1.85 bits per heavy atom. The first-order valence-corrected chi connectivity index (χ1v) is 7.21. The molecule has 1 aliphatic rings. The van der Waals surface area contributed by atoms with Gasteiger partial charge in [0.25, 0.3) is 0 Å². The molecule has 2 N–H and O–H groups in total. The molecule has 98 valence electrons. The van der Waals surface area contributed by atoms with Gasteiger partial charge in [0.15, 0.2) is 0 Å². The molecule has 0 saturated heterocycles. The van der Waals surface area contributed by atoms with Gasteiger partial charge in [-0.25, -0.2) is 4.98 Å². The van der Waals surface area contributed by atoms with Gasteiger partial charge in [0.05, 0.1) is 10.6 Å². The van der Waals surface area contributed by atoms with Crippen molar-refractivity contribution in [1.29, 1.82) is 0 Å². The van der Waals surface area contributed by atoms with E-state index < -0.39 is 0 Å². The minimum atomic E-state index is 0.596. The normalized spacial score (nSPS) is 12.4. The number of nitrogen functional groups attached to an aromatic ring is 1. The number of fused-ring (bicyclic) bond motifs is 3. The summed E-state index contributed by atoms with van der Waals surface area (Å²) in [5.41, 5.74) is 9.71. The smallest absolute Gasteiger partial charge is 0.129 e. The average molecular weight is 280 g/mol. The zero-order valence-corrected chi connectivity index (χ0v) is 11.5. The topological polar surface area (TPSA) is 48.1 Å². The highest BCUT2D eigenvalue weighted by molar-refractivity contribution is 7.15. The van der Waals surface area contributed by atoms with Gasteiger partial charge in [-0.05, 0) is 36.4 Å². The summed E-state index contributed by atoms with van der Waals surface area (Å²) in [5, 5.41) is 1.01. The quantitative estimate of drug-likeness (QED) is 0.686. The van der Waals surface area contributed by atoms with Crippen molar-refractivity contribution in [2.45, 2.75) is 6.61 Å². The molecule has 2 heterocycles. The number of nitrogens with zero attached hydrogens (tertiary/aromatic N) is 1. The van der Waals surface area contributed by atoms with Crippen LogP contribution in [0.3, 0.4) is 0 Å². The Morgan fingerprint density at radius 1 is 1.05 bits per heavy atom. The molecular formula is C16H12N2OS. The van der Waals surface area contributed by atoms with Gasteiger partial charge in [-0.3, -0.25) is 0 Å². The Labute approximate surface area is 120 Å². The molecule has 0 fully saturated rings. The second-order valence-corrected chi connectivity index (χ2v) is 5.78. The van der Waals surface area contributed by atoms with E-state index in [0.717, 1.165) is 33.3 Å². The summed E-state index contributed by atoms with van der Waals surface area (Å²) in [6, 6.07) is 15.9. The number of benzene rings is 2. The summed E-state index contributed by atoms with van der Waals surface area (Å²) in [6.07, 6.45) is 0. The summed E-state index contributed by atoms with van der Waals surface area (Å²) in [6.45, 7) is 0.596. The first-order valence-electron chi connectivity index (χ1n) is 6.39. The lowest BCUT2D eigenvalue weighted by molar-refractivity contribution is 0.305. The molecule has 0 bridgehead atoms. The van der Waals surface area contributed by atoms with Crippen LogP contribution in [0.5, 0.6) is 5.75 Å². The molecule has 20 heavy (non-hydrogen) atoms. The van der Waals surface area contributed by atoms with E-state index >= 15 is 0 Å². The first kappa shape index (κ1) is 11.5. The molecule has 0 radical (unpaired) electrons. The van der Waals surface area contributed by atoms with Crippen LogP contribution in [0.15, 0.2) is 48.5 Å². The van der Waals surface area contributed by atoms with Crippen molar-refractivity contribution in [3.8, 4) is 27.6 Å². The third kappa shape index (κ3) is 1.77. The predicted molar refractivity (Wildman–Crippen MR) is 81.7 cm³/mol. The largest absolute Gasteiger partial charge is 0.487 e. The van der Waals surface area contributed by atoms with Crippen LogP contribution in [-0.2, 0) is 6.61 Å². The molecule has 1 aromatic heterocycles. The number of ether oxygens (including phenoxy) is 1. The number of nitrogens with two attached hydrogens (primary N) is 1. The second kappa shape index (κ2) is 4.35. The van der Waals surface area contributed by atoms with Crippen molar-refractivity contribution in [3.63, 3.8) is 0 Å². The van der Waals surface area contributed by atoms with Gasteiger partial charge in [0, 0.05) is 16.8 Å². The van der Waals surface area contributed by atoms with Crippen molar-refractivity contribution in [1.82, 2.24) is 4.98 Å². The Morgan fingerprint density at radius 3 is 2.70 bits per heavy atom. The van der Waals surface area contributed by atoms with E-state index in [9.17, 15) is 0 Å². The maximum absolute atomic E-state index is 5.77. The Balaban J connectivity index is 1.84. The highest BCUT2D eigenvalue weighted by Gasteiger charge is 2.21. The lowest BCUT2D eigenvalue weighted by Gasteiger charge is -2.15. The fourth-order valence-corrected chi connectivity index (χ4v) is 3.33. The zero-order valence-electron chi connectivity index (χ0n) is 10.7. The van der Waals surface area contributed by atoms with E-state index in [1.807, 2.05) is 42.5 Å². The number of aromatic nitrogens is 1. The van der Waals surface area contributed by atoms with Gasteiger partial charge < -0.3 is 10.5 Å². The molecule has 0 atom stereocenters. The zero-order chi connectivity index (χ0) is 13.5. The average Bonchev–Trinajstić information content (AvgIpc) is 2.92. The Hall–Kier alpha value is -2.33. The van der Waals surface area contributed by atoms with Crippen LogP contribution in [0, 0.1) is 0 Å². The molecule has 0 aliphatic carbocycles. The molecule has 0 spiro atoms. The van der Waals surface area contributed by atoms with Crippen molar-refractivity contribution in [3.05, 3.63) is 53.4 Å². The van der Waals surface area contributed by atoms with E-state index in [1.165, 1.54) is 4.88 Å². The molecule has 2 aromatic carbocycles. The van der Waals surface area contributed by atoms with Crippen LogP contribution in [0.1, 0.15) is 4.88 Å². The Kier molecular flexibility index (Phi) is 2.50. The van der Waals surface area contributed by atoms with E-state index in [0.29, 0.717) is 6.61 Å². The third-order valence-corrected chi connectivity index (χ3v) is 4.43. The van der Waals surface area contributed by atoms with Crippen LogP contribution in [0.25, 0.3) is 21.8 Å². The summed E-state index contributed by atoms with van der Waals surface area (Å²) < 4.78 is 5.77. The third-order valence-electron chi connectivity index (χ3n) is 3.36. The van der Waals surface area contributed by atoms with Crippen molar-refractivity contribution in [2.75, 3.05) is 5.73 Å². The fourth-order valence-electron chi connectivity index (χ4n) is 2.34. The highest BCUT2D eigenvalue weighted by Crippen LogP contribution is 2.41. The van der Waals surface area contributed by atoms with Crippen LogP contribution < -0.4 is 10.5 Å². The summed E-state index contributed by atoms with van der Waals surface area (Å²) in [4.78, 5) is 5.97. The monoisotopic (exact) mass is 280 g/mol. The minimum absolute atomic E-state index is 0.596. The van der Waals surface area contributed by atoms with Gasteiger partial charge in [-0.2, -0.15) is 0 Å². The van der Waals surface area contributed by atoms with E-state index in [4.69, 9.17) is 15.5 Å². The lowest BCUT2D eigenvalue weighted by atomic mass is 10.1. The molecular weight excluding hydrogens is 268 g/mol. The molecule has 4 heteroatoms. The summed E-state index contributed by atoms with van der Waals surface area (Å²) >= 11 is 1.68. The lowest BCUT2D eigenvalue weighted by Crippen LogP contribution is -2.02. The van der Waals surface area contributed by atoms with Gasteiger partial charge >= 0.3 is 0 Å². The molecule has 3 nitrogen and oxygen atoms in total. The van der Waals surface area contributed by atoms with Gasteiger partial charge in [0.1, 0.15) is 17.4 Å².